The van der Waals surface area contributed by atoms with E-state index in [0.717, 1.165) is 51.9 Å². The van der Waals surface area contributed by atoms with Gasteiger partial charge in [0, 0.05) is 25.7 Å². The Morgan fingerprint density at radius 2 is 2.43 bits per heavy atom. The van der Waals surface area contributed by atoms with Crippen LogP contribution in [-0.4, -0.2) is 55.0 Å². The van der Waals surface area contributed by atoms with Crippen molar-refractivity contribution in [3.8, 4) is 0 Å². The SMILES string of the molecule is CCN(CC1CCOC1)C(C)CCNC(=C[N+](=O)[O-])SC. The van der Waals surface area contributed by atoms with Crippen LogP contribution in [0.15, 0.2) is 11.2 Å². The highest BCUT2D eigenvalue weighted by Crippen LogP contribution is 2.16. The van der Waals surface area contributed by atoms with E-state index in [9.17, 15) is 10.1 Å². The second-order valence-electron chi connectivity index (χ2n) is 5.36. The molecule has 6 nitrogen and oxygen atoms in total. The van der Waals surface area contributed by atoms with Gasteiger partial charge >= 0.3 is 0 Å². The number of hydrogen-bond acceptors (Lipinski definition) is 6. The van der Waals surface area contributed by atoms with Crippen molar-refractivity contribution in [3.63, 3.8) is 0 Å². The predicted molar refractivity (Wildman–Crippen MR) is 86.8 cm³/mol. The standard InChI is InChI=1S/C14H27N3O3S/c1-4-16(9-13-6-8-20-11-13)12(2)5-7-15-14(21-3)10-17(18)19/h10,12-13,15H,4-9,11H2,1-3H3. The molecule has 7 heteroatoms. The fraction of sp³-hybridized carbons (Fsp3) is 0.857. The molecule has 1 fully saturated rings. The lowest BCUT2D eigenvalue weighted by Crippen LogP contribution is -2.38. The van der Waals surface area contributed by atoms with Crippen molar-refractivity contribution in [2.75, 3.05) is 39.1 Å². The molecule has 1 heterocycles. The summed E-state index contributed by atoms with van der Waals surface area (Å²) in [6.45, 7) is 9.02. The van der Waals surface area contributed by atoms with Crippen LogP contribution in [0, 0.1) is 16.0 Å². The fourth-order valence-electron chi connectivity index (χ4n) is 2.53. The summed E-state index contributed by atoms with van der Waals surface area (Å²) in [4.78, 5) is 12.5. The topological polar surface area (TPSA) is 67.6 Å². The zero-order valence-corrected chi connectivity index (χ0v) is 14.0. The molecule has 1 aliphatic rings. The van der Waals surface area contributed by atoms with E-state index in [1.807, 2.05) is 6.26 Å². The van der Waals surface area contributed by atoms with Gasteiger partial charge in [-0.3, -0.25) is 10.1 Å². The van der Waals surface area contributed by atoms with E-state index in [-0.39, 0.29) is 0 Å². The van der Waals surface area contributed by atoms with E-state index in [4.69, 9.17) is 4.74 Å². The van der Waals surface area contributed by atoms with Gasteiger partial charge < -0.3 is 15.0 Å². The van der Waals surface area contributed by atoms with Crippen LogP contribution in [-0.2, 0) is 4.74 Å². The van der Waals surface area contributed by atoms with E-state index in [2.05, 4.69) is 24.1 Å². The van der Waals surface area contributed by atoms with E-state index in [1.165, 1.54) is 11.8 Å². The minimum absolute atomic E-state index is 0.416. The van der Waals surface area contributed by atoms with Gasteiger partial charge in [-0.05, 0) is 38.5 Å². The van der Waals surface area contributed by atoms with Crippen LogP contribution in [0.1, 0.15) is 26.7 Å². The van der Waals surface area contributed by atoms with Crippen LogP contribution in [0.5, 0.6) is 0 Å². The van der Waals surface area contributed by atoms with Crippen molar-refractivity contribution in [3.05, 3.63) is 21.3 Å². The van der Waals surface area contributed by atoms with Crippen LogP contribution in [0.4, 0.5) is 0 Å². The lowest BCUT2D eigenvalue weighted by molar-refractivity contribution is -0.403. The highest BCUT2D eigenvalue weighted by molar-refractivity contribution is 8.02. The molecule has 2 atom stereocenters. The van der Waals surface area contributed by atoms with E-state index < -0.39 is 4.92 Å². The van der Waals surface area contributed by atoms with Crippen molar-refractivity contribution in [2.45, 2.75) is 32.7 Å². The Morgan fingerprint density at radius 1 is 1.67 bits per heavy atom. The van der Waals surface area contributed by atoms with Crippen molar-refractivity contribution in [1.82, 2.24) is 10.2 Å². The van der Waals surface area contributed by atoms with Gasteiger partial charge in [-0.1, -0.05) is 6.92 Å². The van der Waals surface area contributed by atoms with Crippen LogP contribution in [0.3, 0.4) is 0 Å². The first-order valence-corrected chi connectivity index (χ1v) is 8.74. The van der Waals surface area contributed by atoms with Crippen molar-refractivity contribution in [2.24, 2.45) is 5.92 Å². The zero-order chi connectivity index (χ0) is 15.7. The summed E-state index contributed by atoms with van der Waals surface area (Å²) >= 11 is 1.37. The largest absolute Gasteiger partial charge is 0.381 e. The molecule has 2 unspecified atom stereocenters. The molecule has 1 N–H and O–H groups in total. The number of hydrogen-bond donors (Lipinski definition) is 1. The van der Waals surface area contributed by atoms with Gasteiger partial charge in [0.25, 0.3) is 6.20 Å². The summed E-state index contributed by atoms with van der Waals surface area (Å²) in [6.07, 6.45) is 4.99. The highest BCUT2D eigenvalue weighted by Gasteiger charge is 2.21. The van der Waals surface area contributed by atoms with Crippen LogP contribution in [0.25, 0.3) is 0 Å². The molecular formula is C14H27N3O3S. The van der Waals surface area contributed by atoms with Crippen molar-refractivity contribution in [1.29, 1.82) is 0 Å². The van der Waals surface area contributed by atoms with Gasteiger partial charge in [-0.15, -0.1) is 11.8 Å². The van der Waals surface area contributed by atoms with E-state index >= 15 is 0 Å². The van der Waals surface area contributed by atoms with Gasteiger partial charge in [0.2, 0.25) is 0 Å². The Bertz CT molecular complexity index is 346. The zero-order valence-electron chi connectivity index (χ0n) is 13.2. The Morgan fingerprint density at radius 3 is 2.95 bits per heavy atom. The molecule has 0 amide bonds. The summed E-state index contributed by atoms with van der Waals surface area (Å²) in [5.41, 5.74) is 0. The van der Waals surface area contributed by atoms with Gasteiger partial charge in [0.15, 0.2) is 0 Å². The minimum Gasteiger partial charge on any atom is -0.381 e. The molecule has 1 saturated heterocycles. The van der Waals surface area contributed by atoms with Gasteiger partial charge in [-0.25, -0.2) is 0 Å². The molecule has 0 spiro atoms. The van der Waals surface area contributed by atoms with E-state index in [0.29, 0.717) is 17.0 Å². The monoisotopic (exact) mass is 317 g/mol. The Kier molecular flexibility index (Phi) is 8.72. The summed E-state index contributed by atoms with van der Waals surface area (Å²) in [5, 5.41) is 14.2. The minimum atomic E-state index is -0.416. The van der Waals surface area contributed by atoms with E-state index in [1.54, 1.807) is 0 Å². The van der Waals surface area contributed by atoms with Crippen LogP contribution >= 0.6 is 11.8 Å². The third-order valence-corrected chi connectivity index (χ3v) is 4.54. The quantitative estimate of drug-likeness (QED) is 0.492. The molecule has 0 saturated carbocycles. The number of ether oxygens (including phenoxy) is 1. The van der Waals surface area contributed by atoms with Crippen LogP contribution < -0.4 is 5.32 Å². The average Bonchev–Trinajstić information content (AvgIpc) is 2.95. The molecule has 0 radical (unpaired) electrons. The molecule has 1 rings (SSSR count). The Hall–Kier alpha value is -0.790. The highest BCUT2D eigenvalue weighted by atomic mass is 32.2. The van der Waals surface area contributed by atoms with Crippen molar-refractivity contribution >= 4 is 11.8 Å². The summed E-state index contributed by atoms with van der Waals surface area (Å²) in [5.74, 6) is 0.650. The molecule has 0 aromatic heterocycles. The van der Waals surface area contributed by atoms with Gasteiger partial charge in [-0.2, -0.15) is 0 Å². The smallest absolute Gasteiger partial charge is 0.263 e. The molecular weight excluding hydrogens is 290 g/mol. The predicted octanol–water partition coefficient (Wildman–Crippen LogP) is 2.15. The lowest BCUT2D eigenvalue weighted by Gasteiger charge is -2.30. The second kappa shape index (κ2) is 10.0. The molecule has 0 aliphatic carbocycles. The van der Waals surface area contributed by atoms with Crippen molar-refractivity contribution < 1.29 is 9.66 Å². The second-order valence-corrected chi connectivity index (χ2v) is 6.21. The first-order chi connectivity index (χ1) is 10.1. The maximum absolute atomic E-state index is 10.5. The summed E-state index contributed by atoms with van der Waals surface area (Å²) in [6, 6.07) is 0.460. The fourth-order valence-corrected chi connectivity index (χ4v) is 2.97. The Labute approximate surface area is 131 Å². The molecule has 21 heavy (non-hydrogen) atoms. The number of nitrogens with zero attached hydrogens (tertiary/aromatic N) is 2. The molecule has 0 bridgehead atoms. The Balaban J connectivity index is 2.32. The van der Waals surface area contributed by atoms with Gasteiger partial charge in [0.1, 0.15) is 5.03 Å². The van der Waals surface area contributed by atoms with Crippen LogP contribution in [0.2, 0.25) is 0 Å². The lowest BCUT2D eigenvalue weighted by atomic mass is 10.1. The normalized spacial score (nSPS) is 20.8. The summed E-state index contributed by atoms with van der Waals surface area (Å²) < 4.78 is 5.43. The number of thioether (sulfide) groups is 1. The molecule has 0 aromatic rings. The number of rotatable bonds is 10. The first kappa shape index (κ1) is 18.3. The third kappa shape index (κ3) is 7.15. The molecule has 1 aliphatic heterocycles. The average molecular weight is 317 g/mol. The molecule has 0 aromatic carbocycles. The first-order valence-electron chi connectivity index (χ1n) is 7.51. The maximum Gasteiger partial charge on any atom is 0.263 e. The maximum atomic E-state index is 10.5. The van der Waals surface area contributed by atoms with Gasteiger partial charge in [0.05, 0.1) is 11.5 Å². The number of nitrogens with one attached hydrogen (secondary N) is 1. The molecule has 122 valence electrons. The summed E-state index contributed by atoms with van der Waals surface area (Å²) in [7, 11) is 0. The number of nitro groups is 1. The third-order valence-electron chi connectivity index (χ3n) is 3.85.